The highest BCUT2D eigenvalue weighted by Crippen LogP contribution is 2.33. The zero-order valence-corrected chi connectivity index (χ0v) is 18.6. The summed E-state index contributed by atoms with van der Waals surface area (Å²) in [5, 5.41) is 9.55. The lowest BCUT2D eigenvalue weighted by Crippen LogP contribution is -2.32. The van der Waals surface area contributed by atoms with Crippen molar-refractivity contribution in [2.45, 2.75) is 24.7 Å². The quantitative estimate of drug-likeness (QED) is 0.450. The van der Waals surface area contributed by atoms with Crippen molar-refractivity contribution in [3.05, 3.63) is 64.9 Å². The normalized spacial score (nSPS) is 21.5. The summed E-state index contributed by atoms with van der Waals surface area (Å²) in [4.78, 5) is 12.2. The van der Waals surface area contributed by atoms with Gasteiger partial charge in [0, 0.05) is 17.7 Å². The van der Waals surface area contributed by atoms with Gasteiger partial charge in [-0.25, -0.2) is 9.37 Å². The van der Waals surface area contributed by atoms with Crippen LogP contribution in [-0.4, -0.2) is 46.5 Å². The van der Waals surface area contributed by atoms with Crippen LogP contribution in [0, 0.1) is 17.1 Å². The van der Waals surface area contributed by atoms with E-state index in [-0.39, 0.29) is 18.3 Å². The number of ether oxygens (including phenoxy) is 3. The predicted octanol–water partition coefficient (Wildman–Crippen LogP) is 4.89. The second-order valence-electron chi connectivity index (χ2n) is 8.27. The number of rotatable bonds is 4. The minimum absolute atomic E-state index is 0.0763. The van der Waals surface area contributed by atoms with E-state index in [1.807, 2.05) is 18.2 Å². The second kappa shape index (κ2) is 8.37. The maximum absolute atomic E-state index is 14.3. The van der Waals surface area contributed by atoms with Gasteiger partial charge in [0.05, 0.1) is 40.6 Å². The second-order valence-corrected chi connectivity index (χ2v) is 8.68. The van der Waals surface area contributed by atoms with Gasteiger partial charge in [0.15, 0.2) is 11.8 Å². The van der Waals surface area contributed by atoms with E-state index in [1.165, 1.54) is 18.2 Å². The van der Waals surface area contributed by atoms with Crippen molar-refractivity contribution in [1.29, 1.82) is 5.26 Å². The number of nitrogens with one attached hydrogen (secondary N) is 1. The summed E-state index contributed by atoms with van der Waals surface area (Å²) in [5.41, 5.74) is 3.83. The number of halogens is 2. The molecular weight excluding hydrogens is 459 g/mol. The molecule has 1 N–H and O–H groups in total. The van der Waals surface area contributed by atoms with Crippen LogP contribution in [0.5, 0.6) is 6.01 Å². The van der Waals surface area contributed by atoms with Crippen molar-refractivity contribution in [2.75, 3.05) is 13.2 Å². The van der Waals surface area contributed by atoms with E-state index in [0.29, 0.717) is 57.8 Å². The van der Waals surface area contributed by atoms with E-state index < -0.39 is 5.82 Å². The molecule has 6 rings (SSSR count). The summed E-state index contributed by atoms with van der Waals surface area (Å²) >= 11 is 6.52. The Morgan fingerprint density at radius 1 is 1.09 bits per heavy atom. The predicted molar refractivity (Wildman–Crippen MR) is 123 cm³/mol. The number of hydrogen-bond donors (Lipinski definition) is 1. The Morgan fingerprint density at radius 2 is 1.91 bits per heavy atom. The topological polar surface area (TPSA) is 93.1 Å². The highest BCUT2D eigenvalue weighted by Gasteiger charge is 2.43. The molecule has 2 aliphatic rings. The Bertz CT molecular complexity index is 1430. The van der Waals surface area contributed by atoms with E-state index >= 15 is 0 Å². The molecule has 34 heavy (non-hydrogen) atoms. The number of aromatic nitrogens is 3. The Labute approximate surface area is 199 Å². The fourth-order valence-corrected chi connectivity index (χ4v) is 4.71. The van der Waals surface area contributed by atoms with Crippen LogP contribution >= 0.6 is 11.6 Å². The molecule has 2 saturated heterocycles. The molecule has 170 valence electrons. The number of nitriles is 1. The first-order chi connectivity index (χ1) is 16.6. The summed E-state index contributed by atoms with van der Waals surface area (Å²) < 4.78 is 31.7. The Balaban J connectivity index is 1.28. The van der Waals surface area contributed by atoms with Crippen LogP contribution in [-0.2, 0) is 9.47 Å². The van der Waals surface area contributed by atoms with Crippen molar-refractivity contribution in [3.63, 3.8) is 0 Å². The smallest absolute Gasteiger partial charge is 0.296 e. The zero-order chi connectivity index (χ0) is 23.2. The summed E-state index contributed by atoms with van der Waals surface area (Å²) in [7, 11) is 0. The van der Waals surface area contributed by atoms with Crippen LogP contribution < -0.4 is 4.74 Å². The van der Waals surface area contributed by atoms with Crippen LogP contribution in [0.3, 0.4) is 0 Å². The molecule has 2 aromatic heterocycles. The molecule has 0 saturated carbocycles. The number of pyridine rings is 1. The molecule has 0 radical (unpaired) electrons. The number of imidazole rings is 1. The van der Waals surface area contributed by atoms with Gasteiger partial charge in [-0.2, -0.15) is 10.2 Å². The van der Waals surface area contributed by atoms with Gasteiger partial charge in [0.2, 0.25) is 0 Å². The standard InChI is InChI=1S/C25H18ClFN4O3/c26-17-10-19-24(31-25(29-19)34-21-12-33-20-7-8-32-23(20)21)30-22(17)15-4-2-14(3-5-15)16-9-13(11-28)1-6-18(16)27/h1-6,9-10,20-21,23H,7-8,12H2,(H,29,30,31)/t20-,21?,23+/m1/s1. The lowest BCUT2D eigenvalue weighted by molar-refractivity contribution is 0.0273. The maximum atomic E-state index is 14.3. The van der Waals surface area contributed by atoms with Crippen molar-refractivity contribution < 1.29 is 18.6 Å². The molecule has 2 aromatic carbocycles. The van der Waals surface area contributed by atoms with E-state index in [0.717, 1.165) is 12.0 Å². The van der Waals surface area contributed by atoms with Crippen molar-refractivity contribution >= 4 is 22.8 Å². The average molecular weight is 477 g/mol. The highest BCUT2D eigenvalue weighted by atomic mass is 35.5. The zero-order valence-electron chi connectivity index (χ0n) is 17.8. The molecule has 0 amide bonds. The SMILES string of the molecule is N#Cc1ccc(F)c(-c2ccc(-c3nc4nc(OC5CO[C@@H]6CCO[C@H]56)[nH]c4cc3Cl)cc2)c1. The van der Waals surface area contributed by atoms with Crippen LogP contribution in [0.4, 0.5) is 4.39 Å². The number of aromatic amines is 1. The average Bonchev–Trinajstić information content (AvgIpc) is 3.56. The molecular formula is C25H18ClFN4O3. The number of benzene rings is 2. The summed E-state index contributed by atoms with van der Waals surface area (Å²) in [6, 6.07) is 15.6. The van der Waals surface area contributed by atoms with Crippen LogP contribution in [0.25, 0.3) is 33.5 Å². The van der Waals surface area contributed by atoms with Crippen molar-refractivity contribution in [2.24, 2.45) is 0 Å². The molecule has 0 bridgehead atoms. The van der Waals surface area contributed by atoms with Crippen molar-refractivity contribution in [3.8, 4) is 34.5 Å². The first-order valence-corrected chi connectivity index (χ1v) is 11.2. The van der Waals surface area contributed by atoms with Gasteiger partial charge in [-0.05, 0) is 36.2 Å². The van der Waals surface area contributed by atoms with E-state index in [4.69, 9.17) is 31.1 Å². The van der Waals surface area contributed by atoms with Gasteiger partial charge < -0.3 is 19.2 Å². The van der Waals surface area contributed by atoms with Crippen LogP contribution in [0.2, 0.25) is 5.02 Å². The minimum atomic E-state index is -0.393. The van der Waals surface area contributed by atoms with Crippen LogP contribution in [0.1, 0.15) is 12.0 Å². The van der Waals surface area contributed by atoms with Gasteiger partial charge in [-0.1, -0.05) is 35.9 Å². The maximum Gasteiger partial charge on any atom is 0.296 e. The fourth-order valence-electron chi connectivity index (χ4n) is 4.45. The minimum Gasteiger partial charge on any atom is -0.456 e. The molecule has 4 heterocycles. The summed E-state index contributed by atoms with van der Waals surface area (Å²) in [6.07, 6.45) is 0.640. The molecule has 0 spiro atoms. The van der Waals surface area contributed by atoms with Gasteiger partial charge in [0.1, 0.15) is 11.9 Å². The molecule has 0 aliphatic carbocycles. The third-order valence-electron chi connectivity index (χ3n) is 6.15. The first kappa shape index (κ1) is 21.1. The third kappa shape index (κ3) is 3.68. The largest absolute Gasteiger partial charge is 0.456 e. The fraction of sp³-hybridized carbons (Fsp3) is 0.240. The van der Waals surface area contributed by atoms with Crippen LogP contribution in [0.15, 0.2) is 48.5 Å². The summed E-state index contributed by atoms with van der Waals surface area (Å²) in [5.74, 6) is -0.393. The number of H-pyrrole nitrogens is 1. The van der Waals surface area contributed by atoms with Gasteiger partial charge in [-0.3, -0.25) is 0 Å². The highest BCUT2D eigenvalue weighted by molar-refractivity contribution is 6.33. The van der Waals surface area contributed by atoms with Crippen molar-refractivity contribution in [1.82, 2.24) is 15.0 Å². The number of hydrogen-bond acceptors (Lipinski definition) is 6. The molecule has 4 aromatic rings. The molecule has 2 aliphatic heterocycles. The molecule has 2 fully saturated rings. The molecule has 3 atom stereocenters. The lowest BCUT2D eigenvalue weighted by atomic mass is 10.0. The Morgan fingerprint density at radius 3 is 2.74 bits per heavy atom. The number of nitrogens with zero attached hydrogens (tertiary/aromatic N) is 3. The van der Waals surface area contributed by atoms with E-state index in [2.05, 4.69) is 15.0 Å². The van der Waals surface area contributed by atoms with Gasteiger partial charge in [-0.15, -0.1) is 0 Å². The molecule has 1 unspecified atom stereocenters. The lowest BCUT2D eigenvalue weighted by Gasteiger charge is -2.15. The third-order valence-corrected chi connectivity index (χ3v) is 6.44. The number of fused-ring (bicyclic) bond motifs is 2. The van der Waals surface area contributed by atoms with Gasteiger partial charge in [0.25, 0.3) is 6.01 Å². The van der Waals surface area contributed by atoms with E-state index in [1.54, 1.807) is 18.2 Å². The van der Waals surface area contributed by atoms with E-state index in [9.17, 15) is 4.39 Å². The Hall–Kier alpha value is -3.51. The monoisotopic (exact) mass is 476 g/mol. The Kier molecular flexibility index (Phi) is 5.18. The first-order valence-electron chi connectivity index (χ1n) is 10.9. The molecule has 9 heteroatoms. The molecule has 7 nitrogen and oxygen atoms in total. The van der Waals surface area contributed by atoms with Gasteiger partial charge >= 0.3 is 0 Å². The summed E-state index contributed by atoms with van der Waals surface area (Å²) in [6.45, 7) is 1.13.